The first-order valence-corrected chi connectivity index (χ1v) is 9.25. The molecule has 0 unspecified atom stereocenters. The summed E-state index contributed by atoms with van der Waals surface area (Å²) in [4.78, 5) is 19.5. The van der Waals surface area contributed by atoms with E-state index in [1.54, 1.807) is 4.90 Å². The van der Waals surface area contributed by atoms with Crippen LogP contribution in [0.15, 0.2) is 42.6 Å². The quantitative estimate of drug-likeness (QED) is 0.673. The first-order chi connectivity index (χ1) is 14.0. The molecule has 1 aliphatic rings. The molecule has 0 spiro atoms. The predicted molar refractivity (Wildman–Crippen MR) is 96.5 cm³/mol. The summed E-state index contributed by atoms with van der Waals surface area (Å²) in [6.45, 7) is 2.39. The van der Waals surface area contributed by atoms with Crippen LogP contribution in [-0.4, -0.2) is 46.9 Å². The van der Waals surface area contributed by atoms with Gasteiger partial charge in [-0.3, -0.25) is 14.7 Å². The van der Waals surface area contributed by atoms with Crippen molar-refractivity contribution in [1.82, 2.24) is 14.8 Å². The molecule has 1 saturated heterocycles. The minimum atomic E-state index is -4.57. The molecule has 0 saturated carbocycles. The number of benzene rings is 1. The molecule has 10 heteroatoms. The van der Waals surface area contributed by atoms with Crippen LogP contribution in [0.25, 0.3) is 0 Å². The Hall–Kier alpha value is -2.62. The van der Waals surface area contributed by atoms with Crippen molar-refractivity contribution in [3.63, 3.8) is 0 Å². The van der Waals surface area contributed by atoms with Crippen LogP contribution in [0.4, 0.5) is 26.3 Å². The van der Waals surface area contributed by atoms with Crippen LogP contribution in [0.2, 0.25) is 0 Å². The molecule has 1 amide bonds. The van der Waals surface area contributed by atoms with Crippen molar-refractivity contribution in [1.29, 1.82) is 0 Å². The predicted octanol–water partition coefficient (Wildman–Crippen LogP) is 4.47. The Labute approximate surface area is 169 Å². The van der Waals surface area contributed by atoms with Crippen molar-refractivity contribution >= 4 is 5.91 Å². The highest BCUT2D eigenvalue weighted by atomic mass is 19.4. The first kappa shape index (κ1) is 22.1. The molecule has 1 aliphatic heterocycles. The van der Waals surface area contributed by atoms with Crippen LogP contribution < -0.4 is 0 Å². The van der Waals surface area contributed by atoms with Gasteiger partial charge in [0, 0.05) is 38.9 Å². The van der Waals surface area contributed by atoms with Crippen LogP contribution in [0, 0.1) is 0 Å². The molecule has 1 fully saturated rings. The molecule has 3 rings (SSSR count). The lowest BCUT2D eigenvalue weighted by atomic mass is 10.1. The van der Waals surface area contributed by atoms with Gasteiger partial charge >= 0.3 is 12.4 Å². The number of aromatic nitrogens is 1. The van der Waals surface area contributed by atoms with Gasteiger partial charge in [-0.25, -0.2) is 0 Å². The number of carbonyl (C=O) groups excluding carboxylic acids is 1. The van der Waals surface area contributed by atoms with Crippen molar-refractivity contribution in [3.8, 4) is 0 Å². The van der Waals surface area contributed by atoms with Gasteiger partial charge in [-0.2, -0.15) is 26.3 Å². The molecule has 30 heavy (non-hydrogen) atoms. The number of amides is 1. The van der Waals surface area contributed by atoms with Crippen molar-refractivity contribution in [2.24, 2.45) is 0 Å². The molecule has 0 aliphatic carbocycles. The van der Waals surface area contributed by atoms with E-state index in [4.69, 9.17) is 0 Å². The summed E-state index contributed by atoms with van der Waals surface area (Å²) in [5.74, 6) is -0.396. The number of rotatable bonds is 3. The highest BCUT2D eigenvalue weighted by Crippen LogP contribution is 2.29. The fraction of sp³-hybridized carbons (Fsp3) is 0.400. The maximum atomic E-state index is 12.7. The number of nitrogens with zero attached hydrogens (tertiary/aromatic N) is 3. The van der Waals surface area contributed by atoms with Crippen LogP contribution in [-0.2, 0) is 18.9 Å². The van der Waals surface area contributed by atoms with Gasteiger partial charge in [0.2, 0.25) is 0 Å². The summed E-state index contributed by atoms with van der Waals surface area (Å²) in [6.07, 6.45) is -7.38. The largest absolute Gasteiger partial charge is 0.433 e. The van der Waals surface area contributed by atoms with Crippen LogP contribution in [0.5, 0.6) is 0 Å². The summed E-state index contributed by atoms with van der Waals surface area (Å²) in [5, 5.41) is 0. The zero-order chi connectivity index (χ0) is 21.9. The molecular formula is C20H19F6N3O. The number of pyridine rings is 1. The highest BCUT2D eigenvalue weighted by molar-refractivity contribution is 5.93. The summed E-state index contributed by atoms with van der Waals surface area (Å²) in [6, 6.07) is 6.85. The minimum Gasteiger partial charge on any atom is -0.337 e. The average Bonchev–Trinajstić information content (AvgIpc) is 2.92. The Bertz CT molecular complexity index is 862. The lowest BCUT2D eigenvalue weighted by Crippen LogP contribution is -2.35. The van der Waals surface area contributed by atoms with E-state index in [1.807, 2.05) is 4.90 Å². The number of carbonyl (C=O) groups is 1. The van der Waals surface area contributed by atoms with Gasteiger partial charge in [0.15, 0.2) is 0 Å². The van der Waals surface area contributed by atoms with Crippen molar-refractivity contribution in [3.05, 3.63) is 65.0 Å². The monoisotopic (exact) mass is 431 g/mol. The Balaban J connectivity index is 1.58. The van der Waals surface area contributed by atoms with Crippen molar-refractivity contribution in [2.45, 2.75) is 25.3 Å². The third kappa shape index (κ3) is 5.50. The van der Waals surface area contributed by atoms with Gasteiger partial charge in [-0.1, -0.05) is 12.1 Å². The summed E-state index contributed by atoms with van der Waals surface area (Å²) in [7, 11) is 0. The molecule has 0 bridgehead atoms. The first-order valence-electron chi connectivity index (χ1n) is 9.25. The Morgan fingerprint density at radius 1 is 0.867 bits per heavy atom. The van der Waals surface area contributed by atoms with E-state index < -0.39 is 29.5 Å². The molecule has 0 atom stereocenters. The van der Waals surface area contributed by atoms with E-state index in [0.717, 1.165) is 36.0 Å². The minimum absolute atomic E-state index is 0.0826. The lowest BCUT2D eigenvalue weighted by Gasteiger charge is -2.22. The van der Waals surface area contributed by atoms with Gasteiger partial charge in [-0.15, -0.1) is 0 Å². The Morgan fingerprint density at radius 3 is 2.13 bits per heavy atom. The highest BCUT2D eigenvalue weighted by Gasteiger charge is 2.33. The maximum Gasteiger partial charge on any atom is 0.433 e. The summed E-state index contributed by atoms with van der Waals surface area (Å²) in [5.41, 5.74) is -0.949. The second kappa shape index (κ2) is 8.63. The molecule has 0 N–H and O–H groups in total. The number of alkyl halides is 6. The van der Waals surface area contributed by atoms with Gasteiger partial charge in [-0.05, 0) is 36.2 Å². The lowest BCUT2D eigenvalue weighted by molar-refractivity contribution is -0.141. The van der Waals surface area contributed by atoms with E-state index in [-0.39, 0.29) is 5.56 Å². The van der Waals surface area contributed by atoms with E-state index in [2.05, 4.69) is 4.98 Å². The number of hydrogen-bond acceptors (Lipinski definition) is 3. The normalized spacial score (nSPS) is 16.4. The maximum absolute atomic E-state index is 12.7. The van der Waals surface area contributed by atoms with E-state index in [0.29, 0.717) is 39.1 Å². The Kier molecular flexibility index (Phi) is 6.35. The van der Waals surface area contributed by atoms with Gasteiger partial charge in [0.1, 0.15) is 5.69 Å². The fourth-order valence-electron chi connectivity index (χ4n) is 3.26. The second-order valence-corrected chi connectivity index (χ2v) is 7.05. The molecule has 2 heterocycles. The van der Waals surface area contributed by atoms with Crippen LogP contribution in [0.3, 0.4) is 0 Å². The number of halogens is 6. The topological polar surface area (TPSA) is 36.4 Å². The fourth-order valence-corrected chi connectivity index (χ4v) is 3.26. The SMILES string of the molecule is O=C(c1ccc(C(F)(F)F)nc1)N1CCCN(Cc2ccc(C(F)(F)F)cc2)CC1. The van der Waals surface area contributed by atoms with Gasteiger partial charge in [0.25, 0.3) is 5.91 Å². The van der Waals surface area contributed by atoms with Crippen LogP contribution in [0.1, 0.15) is 33.6 Å². The summed E-state index contributed by atoms with van der Waals surface area (Å²) < 4.78 is 75.8. The Morgan fingerprint density at radius 2 is 1.57 bits per heavy atom. The molecule has 0 radical (unpaired) electrons. The zero-order valence-electron chi connectivity index (χ0n) is 15.8. The van der Waals surface area contributed by atoms with Gasteiger partial charge in [0.05, 0.1) is 11.1 Å². The van der Waals surface area contributed by atoms with Crippen molar-refractivity contribution < 1.29 is 31.1 Å². The van der Waals surface area contributed by atoms with E-state index in [1.165, 1.54) is 12.1 Å². The molecule has 2 aromatic rings. The molecular weight excluding hydrogens is 412 g/mol. The standard InChI is InChI=1S/C20H19F6N3O/c21-19(22,23)16-5-2-14(3-6-16)13-28-8-1-9-29(11-10-28)18(30)15-4-7-17(27-12-15)20(24,25)26/h2-7,12H,1,8-11,13H2. The third-order valence-corrected chi connectivity index (χ3v) is 4.86. The third-order valence-electron chi connectivity index (χ3n) is 4.86. The molecule has 162 valence electrons. The van der Waals surface area contributed by atoms with Crippen molar-refractivity contribution in [2.75, 3.05) is 26.2 Å². The molecule has 4 nitrogen and oxygen atoms in total. The smallest absolute Gasteiger partial charge is 0.337 e. The van der Waals surface area contributed by atoms with E-state index in [9.17, 15) is 31.1 Å². The number of hydrogen-bond donors (Lipinski definition) is 0. The molecule has 1 aromatic carbocycles. The van der Waals surface area contributed by atoms with Gasteiger partial charge < -0.3 is 4.90 Å². The van der Waals surface area contributed by atoms with E-state index >= 15 is 0 Å². The van der Waals surface area contributed by atoms with Crippen LogP contribution >= 0.6 is 0 Å². The average molecular weight is 431 g/mol. The summed E-state index contributed by atoms with van der Waals surface area (Å²) >= 11 is 0. The zero-order valence-corrected chi connectivity index (χ0v) is 15.8. The molecule has 1 aromatic heterocycles. The second-order valence-electron chi connectivity index (χ2n) is 7.05.